The maximum atomic E-state index is 12.0. The summed E-state index contributed by atoms with van der Waals surface area (Å²) in [6.45, 7) is 0. The van der Waals surface area contributed by atoms with E-state index < -0.39 is 6.04 Å². The Kier molecular flexibility index (Phi) is 4.26. The second kappa shape index (κ2) is 6.11. The van der Waals surface area contributed by atoms with Crippen molar-refractivity contribution in [3.05, 3.63) is 59.8 Å². The van der Waals surface area contributed by atoms with E-state index in [-0.39, 0.29) is 5.78 Å². The van der Waals surface area contributed by atoms with Crippen LogP contribution in [0.25, 0.3) is 0 Å². The van der Waals surface area contributed by atoms with Gasteiger partial charge in [-0.05, 0) is 29.7 Å². The zero-order valence-corrected chi connectivity index (χ0v) is 10.6. The average Bonchev–Trinajstić information content (AvgIpc) is 2.40. The second-order valence-electron chi connectivity index (χ2n) is 4.53. The highest BCUT2D eigenvalue weighted by Gasteiger charge is 2.14. The van der Waals surface area contributed by atoms with Gasteiger partial charge in [-0.25, -0.2) is 4.98 Å². The van der Waals surface area contributed by atoms with Gasteiger partial charge >= 0.3 is 0 Å². The maximum Gasteiger partial charge on any atom is 0.154 e. The van der Waals surface area contributed by atoms with Gasteiger partial charge in [-0.1, -0.05) is 30.3 Å². The Morgan fingerprint density at radius 3 is 2.58 bits per heavy atom. The zero-order valence-electron chi connectivity index (χ0n) is 10.6. The Hall–Kier alpha value is -2.20. The monoisotopic (exact) mass is 255 g/mol. The molecule has 0 radical (unpaired) electrons. The number of carbonyl (C=O) groups excluding carboxylic acids is 1. The Bertz CT molecular complexity index is 554. The number of carbonyl (C=O) groups is 1. The van der Waals surface area contributed by atoms with Gasteiger partial charge in [-0.3, -0.25) is 4.79 Å². The molecule has 4 nitrogen and oxygen atoms in total. The summed E-state index contributed by atoms with van der Waals surface area (Å²) in [6.07, 6.45) is 2.45. The summed E-state index contributed by atoms with van der Waals surface area (Å²) in [7, 11) is 0. The van der Waals surface area contributed by atoms with Crippen molar-refractivity contribution >= 4 is 11.6 Å². The van der Waals surface area contributed by atoms with Crippen molar-refractivity contribution in [2.45, 2.75) is 18.9 Å². The third-order valence-corrected chi connectivity index (χ3v) is 2.94. The van der Waals surface area contributed by atoms with Crippen LogP contribution >= 0.6 is 0 Å². The topological polar surface area (TPSA) is 82.0 Å². The summed E-state index contributed by atoms with van der Waals surface area (Å²) in [6, 6.07) is 12.8. The molecule has 0 spiro atoms. The third-order valence-electron chi connectivity index (χ3n) is 2.94. The molecule has 0 aliphatic heterocycles. The van der Waals surface area contributed by atoms with Crippen LogP contribution in [0, 0.1) is 0 Å². The van der Waals surface area contributed by atoms with E-state index in [9.17, 15) is 4.79 Å². The number of nitrogens with zero attached hydrogens (tertiary/aromatic N) is 1. The van der Waals surface area contributed by atoms with Crippen molar-refractivity contribution in [3.8, 4) is 0 Å². The number of aromatic nitrogens is 1. The number of benzene rings is 1. The van der Waals surface area contributed by atoms with E-state index >= 15 is 0 Å². The van der Waals surface area contributed by atoms with Gasteiger partial charge in [0.15, 0.2) is 5.78 Å². The number of nitrogen functional groups attached to an aromatic ring is 1. The molecule has 1 unspecified atom stereocenters. The van der Waals surface area contributed by atoms with E-state index in [0.29, 0.717) is 18.7 Å². The smallest absolute Gasteiger partial charge is 0.154 e. The van der Waals surface area contributed by atoms with Gasteiger partial charge in [-0.2, -0.15) is 0 Å². The van der Waals surface area contributed by atoms with Crippen molar-refractivity contribution in [3.63, 3.8) is 0 Å². The lowest BCUT2D eigenvalue weighted by molar-refractivity contribution is -0.119. The fourth-order valence-electron chi connectivity index (χ4n) is 1.92. The van der Waals surface area contributed by atoms with Crippen LogP contribution in [0.5, 0.6) is 0 Å². The lowest BCUT2D eigenvalue weighted by Crippen LogP contribution is -2.33. The summed E-state index contributed by atoms with van der Waals surface area (Å²) in [5.41, 5.74) is 13.4. The van der Waals surface area contributed by atoms with E-state index in [1.807, 2.05) is 30.3 Å². The molecule has 0 fully saturated rings. The summed E-state index contributed by atoms with van der Waals surface area (Å²) in [5.74, 6) is 0.427. The Balaban J connectivity index is 1.96. The van der Waals surface area contributed by atoms with Crippen molar-refractivity contribution in [1.82, 2.24) is 4.98 Å². The number of rotatable bonds is 5. The summed E-state index contributed by atoms with van der Waals surface area (Å²) < 4.78 is 0. The van der Waals surface area contributed by atoms with Crippen LogP contribution in [0.1, 0.15) is 11.1 Å². The summed E-state index contributed by atoms with van der Waals surface area (Å²) in [4.78, 5) is 15.9. The second-order valence-corrected chi connectivity index (χ2v) is 4.53. The van der Waals surface area contributed by atoms with Gasteiger partial charge in [0.2, 0.25) is 0 Å². The SMILES string of the molecule is Nc1cc(CC(=O)C(N)Cc2ccccc2)ccn1. The Morgan fingerprint density at radius 2 is 1.89 bits per heavy atom. The normalized spacial score (nSPS) is 12.1. The first kappa shape index (κ1) is 13.2. The lowest BCUT2D eigenvalue weighted by Gasteiger charge is -2.10. The number of nitrogens with two attached hydrogens (primary N) is 2. The molecule has 0 aliphatic rings. The van der Waals surface area contributed by atoms with Gasteiger partial charge in [0.1, 0.15) is 5.82 Å². The quantitative estimate of drug-likeness (QED) is 0.844. The van der Waals surface area contributed by atoms with E-state index in [1.54, 1.807) is 18.3 Å². The van der Waals surface area contributed by atoms with Gasteiger partial charge in [-0.15, -0.1) is 0 Å². The van der Waals surface area contributed by atoms with Crippen molar-refractivity contribution in [2.24, 2.45) is 5.73 Å². The van der Waals surface area contributed by atoms with Crippen LogP contribution in [0.4, 0.5) is 5.82 Å². The van der Waals surface area contributed by atoms with Crippen LogP contribution < -0.4 is 11.5 Å². The van der Waals surface area contributed by atoms with Crippen molar-refractivity contribution in [2.75, 3.05) is 5.73 Å². The van der Waals surface area contributed by atoms with Gasteiger partial charge < -0.3 is 11.5 Å². The van der Waals surface area contributed by atoms with Gasteiger partial charge in [0.05, 0.1) is 6.04 Å². The fourth-order valence-corrected chi connectivity index (χ4v) is 1.92. The molecule has 1 atom stereocenters. The Labute approximate surface area is 112 Å². The van der Waals surface area contributed by atoms with Crippen LogP contribution in [-0.2, 0) is 17.6 Å². The predicted molar refractivity (Wildman–Crippen MR) is 75.5 cm³/mol. The van der Waals surface area contributed by atoms with Gasteiger partial charge in [0, 0.05) is 12.6 Å². The summed E-state index contributed by atoms with van der Waals surface area (Å²) in [5, 5.41) is 0. The number of hydrogen-bond donors (Lipinski definition) is 2. The average molecular weight is 255 g/mol. The highest BCUT2D eigenvalue weighted by Crippen LogP contribution is 2.08. The molecule has 0 amide bonds. The molecule has 19 heavy (non-hydrogen) atoms. The third kappa shape index (κ3) is 3.89. The molecule has 2 aromatic rings. The van der Waals surface area contributed by atoms with Crippen molar-refractivity contribution < 1.29 is 4.79 Å². The highest BCUT2D eigenvalue weighted by atomic mass is 16.1. The number of Topliss-reactive ketones (excluding diaryl/α,β-unsaturated/α-hetero) is 1. The molecule has 0 saturated carbocycles. The molecule has 0 aliphatic carbocycles. The van der Waals surface area contributed by atoms with E-state index in [2.05, 4.69) is 4.98 Å². The molecule has 4 heteroatoms. The predicted octanol–water partition coefficient (Wildman–Crippen LogP) is 1.35. The van der Waals surface area contributed by atoms with Crippen LogP contribution in [0.15, 0.2) is 48.7 Å². The molecular weight excluding hydrogens is 238 g/mol. The molecular formula is C15H17N3O. The standard InChI is InChI=1S/C15H17N3O/c16-13(8-11-4-2-1-3-5-11)14(19)9-12-6-7-18-15(17)10-12/h1-7,10,13H,8-9,16H2,(H2,17,18). The minimum atomic E-state index is -0.489. The highest BCUT2D eigenvalue weighted by molar-refractivity contribution is 5.86. The van der Waals surface area contributed by atoms with Crippen LogP contribution in [0.2, 0.25) is 0 Å². The number of anilines is 1. The minimum Gasteiger partial charge on any atom is -0.384 e. The van der Waals surface area contributed by atoms with Gasteiger partial charge in [0.25, 0.3) is 0 Å². The molecule has 0 saturated heterocycles. The molecule has 4 N–H and O–H groups in total. The van der Waals surface area contributed by atoms with E-state index in [0.717, 1.165) is 11.1 Å². The first-order valence-electron chi connectivity index (χ1n) is 6.18. The summed E-state index contributed by atoms with van der Waals surface area (Å²) >= 11 is 0. The number of ketones is 1. The Morgan fingerprint density at radius 1 is 1.16 bits per heavy atom. The molecule has 98 valence electrons. The van der Waals surface area contributed by atoms with Crippen LogP contribution in [-0.4, -0.2) is 16.8 Å². The molecule has 2 rings (SSSR count). The minimum absolute atomic E-state index is 0.00875. The number of pyridine rings is 1. The fraction of sp³-hybridized carbons (Fsp3) is 0.200. The molecule has 1 heterocycles. The van der Waals surface area contributed by atoms with Crippen LogP contribution in [0.3, 0.4) is 0 Å². The largest absolute Gasteiger partial charge is 0.384 e. The number of hydrogen-bond acceptors (Lipinski definition) is 4. The first-order chi connectivity index (χ1) is 9.15. The van der Waals surface area contributed by atoms with E-state index in [4.69, 9.17) is 11.5 Å². The molecule has 1 aromatic carbocycles. The van der Waals surface area contributed by atoms with Crippen molar-refractivity contribution in [1.29, 1.82) is 0 Å². The lowest BCUT2D eigenvalue weighted by atomic mass is 9.99. The molecule has 1 aromatic heterocycles. The molecule has 0 bridgehead atoms. The first-order valence-corrected chi connectivity index (χ1v) is 6.18. The maximum absolute atomic E-state index is 12.0. The van der Waals surface area contributed by atoms with E-state index in [1.165, 1.54) is 0 Å². The zero-order chi connectivity index (χ0) is 13.7.